The Morgan fingerprint density at radius 2 is 1.68 bits per heavy atom. The van der Waals surface area contributed by atoms with E-state index >= 15 is 0 Å². The Morgan fingerprint density at radius 1 is 1.00 bits per heavy atom. The van der Waals surface area contributed by atoms with Gasteiger partial charge in [-0.2, -0.15) is 0 Å². The Morgan fingerprint density at radius 3 is 2.27 bits per heavy atom. The molecule has 6 heteroatoms. The quantitative estimate of drug-likeness (QED) is 0.612. The van der Waals surface area contributed by atoms with E-state index in [1.807, 2.05) is 30.3 Å². The summed E-state index contributed by atoms with van der Waals surface area (Å²) in [5.74, 6) is -2.43. The minimum Gasteiger partial charge on any atom is -0.481 e. The third-order valence-corrected chi connectivity index (χ3v) is 3.23. The molecule has 1 atom stereocenters. The van der Waals surface area contributed by atoms with E-state index in [0.29, 0.717) is 6.42 Å². The molecule has 0 bridgehead atoms. The van der Waals surface area contributed by atoms with Crippen LogP contribution in [0.5, 0.6) is 0 Å². The van der Waals surface area contributed by atoms with E-state index in [4.69, 9.17) is 10.2 Å². The molecule has 120 valence electrons. The van der Waals surface area contributed by atoms with Gasteiger partial charge in [0.2, 0.25) is 5.91 Å². The van der Waals surface area contributed by atoms with Crippen molar-refractivity contribution < 1.29 is 24.6 Å². The molecule has 0 radical (unpaired) electrons. The number of nitrogens with one attached hydrogen (secondary N) is 1. The van der Waals surface area contributed by atoms with Crippen LogP contribution >= 0.6 is 0 Å². The molecule has 0 saturated heterocycles. The summed E-state index contributed by atoms with van der Waals surface area (Å²) in [5.41, 5.74) is 1.13. The van der Waals surface area contributed by atoms with Gasteiger partial charge < -0.3 is 15.5 Å². The average molecular weight is 307 g/mol. The number of rotatable bonds is 10. The molecule has 22 heavy (non-hydrogen) atoms. The summed E-state index contributed by atoms with van der Waals surface area (Å²) >= 11 is 0. The first kappa shape index (κ1) is 17.7. The first-order valence-corrected chi connectivity index (χ1v) is 7.27. The van der Waals surface area contributed by atoms with Crippen LogP contribution in [0.3, 0.4) is 0 Å². The third kappa shape index (κ3) is 7.42. The molecule has 0 spiro atoms. The lowest BCUT2D eigenvalue weighted by Crippen LogP contribution is -2.40. The summed E-state index contributed by atoms with van der Waals surface area (Å²) in [6.45, 7) is 0. The molecule has 0 saturated carbocycles. The molecule has 1 unspecified atom stereocenters. The van der Waals surface area contributed by atoms with Crippen molar-refractivity contribution >= 4 is 17.8 Å². The van der Waals surface area contributed by atoms with Gasteiger partial charge >= 0.3 is 11.9 Å². The summed E-state index contributed by atoms with van der Waals surface area (Å²) in [5, 5.41) is 20.0. The fourth-order valence-corrected chi connectivity index (χ4v) is 2.08. The number of carbonyl (C=O) groups excluding carboxylic acids is 1. The number of carboxylic acid groups (broad SMARTS) is 2. The van der Waals surface area contributed by atoms with Crippen LogP contribution in [0.2, 0.25) is 0 Å². The highest BCUT2D eigenvalue weighted by atomic mass is 16.4. The highest BCUT2D eigenvalue weighted by Gasteiger charge is 2.19. The van der Waals surface area contributed by atoms with Crippen molar-refractivity contribution in [3.8, 4) is 0 Å². The van der Waals surface area contributed by atoms with E-state index in [1.54, 1.807) is 0 Å². The van der Waals surface area contributed by atoms with Crippen molar-refractivity contribution in [2.75, 3.05) is 0 Å². The van der Waals surface area contributed by atoms with Crippen molar-refractivity contribution in [3.05, 3.63) is 35.9 Å². The van der Waals surface area contributed by atoms with Gasteiger partial charge in [-0.25, -0.2) is 4.79 Å². The monoisotopic (exact) mass is 307 g/mol. The van der Waals surface area contributed by atoms with Gasteiger partial charge in [-0.05, 0) is 31.2 Å². The van der Waals surface area contributed by atoms with E-state index in [2.05, 4.69) is 5.32 Å². The smallest absolute Gasteiger partial charge is 0.326 e. The number of carboxylic acids is 2. The Bertz CT molecular complexity index is 501. The molecule has 0 aromatic heterocycles. The third-order valence-electron chi connectivity index (χ3n) is 3.23. The average Bonchev–Trinajstić information content (AvgIpc) is 2.47. The van der Waals surface area contributed by atoms with Crippen LogP contribution in [-0.2, 0) is 20.8 Å². The zero-order valence-corrected chi connectivity index (χ0v) is 12.3. The minimum absolute atomic E-state index is 0.104. The standard InChI is InChI=1S/C16H21NO5/c18-14(10-4-8-12-6-2-1-3-7-12)17-13(16(21)22)9-5-11-15(19)20/h1-3,6-7,13H,4-5,8-11H2,(H,17,18)(H,19,20)(H,21,22). The molecule has 0 heterocycles. The summed E-state index contributed by atoms with van der Waals surface area (Å²) in [6.07, 6.45) is 1.87. The van der Waals surface area contributed by atoms with E-state index in [-0.39, 0.29) is 31.6 Å². The summed E-state index contributed by atoms with van der Waals surface area (Å²) in [4.78, 5) is 33.2. The number of aryl methyl sites for hydroxylation is 1. The molecule has 6 nitrogen and oxygen atoms in total. The van der Waals surface area contributed by atoms with Crippen LogP contribution < -0.4 is 5.32 Å². The Hall–Kier alpha value is -2.37. The topological polar surface area (TPSA) is 104 Å². The van der Waals surface area contributed by atoms with E-state index in [1.165, 1.54) is 0 Å². The predicted molar refractivity (Wildman–Crippen MR) is 80.4 cm³/mol. The zero-order chi connectivity index (χ0) is 16.4. The molecule has 0 fully saturated rings. The van der Waals surface area contributed by atoms with Crippen molar-refractivity contribution in [1.29, 1.82) is 0 Å². The minimum atomic E-state index is -1.14. The number of amides is 1. The lowest BCUT2D eigenvalue weighted by molar-refractivity contribution is -0.142. The lowest BCUT2D eigenvalue weighted by Gasteiger charge is -2.14. The van der Waals surface area contributed by atoms with Crippen LogP contribution in [0.4, 0.5) is 0 Å². The van der Waals surface area contributed by atoms with Crippen LogP contribution in [0.1, 0.15) is 37.7 Å². The second-order valence-corrected chi connectivity index (χ2v) is 5.08. The van der Waals surface area contributed by atoms with E-state index in [0.717, 1.165) is 12.0 Å². The molecule has 1 aromatic carbocycles. The first-order valence-electron chi connectivity index (χ1n) is 7.27. The van der Waals surface area contributed by atoms with Gasteiger partial charge in [0.1, 0.15) is 6.04 Å². The summed E-state index contributed by atoms with van der Waals surface area (Å²) < 4.78 is 0. The van der Waals surface area contributed by atoms with Gasteiger partial charge in [-0.15, -0.1) is 0 Å². The van der Waals surface area contributed by atoms with Crippen molar-refractivity contribution in [2.24, 2.45) is 0 Å². The second-order valence-electron chi connectivity index (χ2n) is 5.08. The van der Waals surface area contributed by atoms with Gasteiger partial charge in [-0.3, -0.25) is 9.59 Å². The molecular weight excluding hydrogens is 286 g/mol. The molecule has 0 aliphatic heterocycles. The molecule has 0 aliphatic rings. The van der Waals surface area contributed by atoms with E-state index < -0.39 is 18.0 Å². The van der Waals surface area contributed by atoms with Crippen molar-refractivity contribution in [3.63, 3.8) is 0 Å². The van der Waals surface area contributed by atoms with Gasteiger partial charge in [-0.1, -0.05) is 30.3 Å². The van der Waals surface area contributed by atoms with Crippen LogP contribution in [0.25, 0.3) is 0 Å². The Kier molecular flexibility index (Phi) is 7.67. The van der Waals surface area contributed by atoms with Crippen LogP contribution in [0.15, 0.2) is 30.3 Å². The van der Waals surface area contributed by atoms with Crippen molar-refractivity contribution in [2.45, 2.75) is 44.6 Å². The number of aliphatic carboxylic acids is 2. The Balaban J connectivity index is 2.30. The maximum Gasteiger partial charge on any atom is 0.326 e. The Labute approximate surface area is 129 Å². The summed E-state index contributed by atoms with van der Waals surface area (Å²) in [6, 6.07) is 8.71. The normalized spacial score (nSPS) is 11.6. The molecule has 3 N–H and O–H groups in total. The maximum absolute atomic E-state index is 11.8. The summed E-state index contributed by atoms with van der Waals surface area (Å²) in [7, 11) is 0. The van der Waals surface area contributed by atoms with Gasteiger partial charge in [0.15, 0.2) is 0 Å². The highest BCUT2D eigenvalue weighted by Crippen LogP contribution is 2.06. The van der Waals surface area contributed by atoms with Crippen LogP contribution in [0, 0.1) is 0 Å². The fraction of sp³-hybridized carbons (Fsp3) is 0.438. The molecule has 0 aliphatic carbocycles. The molecule has 1 rings (SSSR count). The predicted octanol–water partition coefficient (Wildman–Crippen LogP) is 1.83. The largest absolute Gasteiger partial charge is 0.481 e. The maximum atomic E-state index is 11.8. The first-order chi connectivity index (χ1) is 10.5. The lowest BCUT2D eigenvalue weighted by atomic mass is 10.1. The molecular formula is C16H21NO5. The van der Waals surface area contributed by atoms with Gasteiger partial charge in [0.05, 0.1) is 0 Å². The zero-order valence-electron chi connectivity index (χ0n) is 12.3. The van der Waals surface area contributed by atoms with Crippen molar-refractivity contribution in [1.82, 2.24) is 5.32 Å². The number of benzene rings is 1. The fourth-order valence-electron chi connectivity index (χ4n) is 2.08. The SMILES string of the molecule is O=C(O)CCCC(NC(=O)CCCc1ccccc1)C(=O)O. The number of hydrogen-bond donors (Lipinski definition) is 3. The number of carbonyl (C=O) groups is 3. The second kappa shape index (κ2) is 9.55. The van der Waals surface area contributed by atoms with E-state index in [9.17, 15) is 14.4 Å². The molecule has 1 amide bonds. The van der Waals surface area contributed by atoms with Gasteiger partial charge in [0, 0.05) is 12.8 Å². The molecule has 1 aromatic rings. The van der Waals surface area contributed by atoms with Gasteiger partial charge in [0.25, 0.3) is 0 Å². The van der Waals surface area contributed by atoms with Crippen LogP contribution in [-0.4, -0.2) is 34.1 Å². The highest BCUT2D eigenvalue weighted by molar-refractivity contribution is 5.83. The number of hydrogen-bond acceptors (Lipinski definition) is 3.